The van der Waals surface area contributed by atoms with Crippen molar-refractivity contribution in [2.75, 3.05) is 14.2 Å². The van der Waals surface area contributed by atoms with Crippen molar-refractivity contribution in [2.45, 2.75) is 33.2 Å². The van der Waals surface area contributed by atoms with E-state index in [-0.39, 0.29) is 17.5 Å². The molecule has 0 amide bonds. The number of aliphatic imine (C=N–C) groups is 1. The number of methoxy groups -OCH3 is 2. The van der Waals surface area contributed by atoms with E-state index in [4.69, 9.17) is 9.47 Å². The van der Waals surface area contributed by atoms with Crippen LogP contribution in [0.4, 0.5) is 0 Å². The summed E-state index contributed by atoms with van der Waals surface area (Å²) in [6.45, 7) is 3.95. The molecule has 0 radical (unpaired) electrons. The summed E-state index contributed by atoms with van der Waals surface area (Å²) in [6, 6.07) is 13.6. The average Bonchev–Trinajstić information content (AvgIpc) is 3.10. The molecule has 32 heavy (non-hydrogen) atoms. The molecule has 0 aliphatic heterocycles. The van der Waals surface area contributed by atoms with Crippen molar-refractivity contribution in [3.05, 3.63) is 82.5 Å². The average molecular weight is 432 g/mol. The summed E-state index contributed by atoms with van der Waals surface area (Å²) in [5.74, 6) is 0.946. The summed E-state index contributed by atoms with van der Waals surface area (Å²) in [6.07, 6.45) is 6.46. The van der Waals surface area contributed by atoms with Crippen LogP contribution in [-0.2, 0) is 17.8 Å². The van der Waals surface area contributed by atoms with Gasteiger partial charge in [0.2, 0.25) is 0 Å². The van der Waals surface area contributed by atoms with E-state index in [0.717, 1.165) is 16.7 Å². The molecule has 0 bridgehead atoms. The first-order valence-electron chi connectivity index (χ1n) is 10.7. The Morgan fingerprint density at radius 1 is 1.12 bits per heavy atom. The summed E-state index contributed by atoms with van der Waals surface area (Å²) in [5, 5.41) is 0. The van der Waals surface area contributed by atoms with E-state index in [1.165, 1.54) is 0 Å². The van der Waals surface area contributed by atoms with Crippen molar-refractivity contribution in [2.24, 2.45) is 10.9 Å². The fraction of sp³-hybridized carbons (Fsp3) is 0.296. The largest absolute Gasteiger partial charge is 0.493 e. The number of carbonyl (C=O) groups is 2. The van der Waals surface area contributed by atoms with Crippen molar-refractivity contribution in [1.29, 1.82) is 0 Å². The smallest absolute Gasteiger partial charge is 0.167 e. The van der Waals surface area contributed by atoms with E-state index in [0.29, 0.717) is 42.0 Å². The number of hydrogen-bond donors (Lipinski definition) is 0. The van der Waals surface area contributed by atoms with Gasteiger partial charge in [-0.2, -0.15) is 0 Å². The lowest BCUT2D eigenvalue weighted by Crippen LogP contribution is -2.13. The Labute approximate surface area is 189 Å². The standard InChI is InChI=1S/C27H29NO4/c1-5-23(18(2)29)20(11-12-28-17-19-9-7-6-8-10-19)13-22-14-21-15-25(31-3)26(32-4)16-24(21)27(22)30/h5-12,15-16,22H,13-14,17H2,1-4H3/b20-11-,23-5-,28-12+. The number of carbonyl (C=O) groups excluding carboxylic acids is 2. The minimum atomic E-state index is -0.245. The van der Waals surface area contributed by atoms with Gasteiger partial charge in [-0.15, -0.1) is 0 Å². The normalized spacial score (nSPS) is 16.4. The first-order chi connectivity index (χ1) is 15.5. The van der Waals surface area contributed by atoms with Gasteiger partial charge in [0.25, 0.3) is 0 Å². The van der Waals surface area contributed by atoms with Crippen molar-refractivity contribution in [3.63, 3.8) is 0 Å². The zero-order valence-corrected chi connectivity index (χ0v) is 19.1. The molecule has 0 saturated carbocycles. The van der Waals surface area contributed by atoms with Gasteiger partial charge in [-0.1, -0.05) is 36.4 Å². The van der Waals surface area contributed by atoms with Crippen molar-refractivity contribution in [1.82, 2.24) is 0 Å². The van der Waals surface area contributed by atoms with E-state index in [1.54, 1.807) is 39.5 Å². The third-order valence-electron chi connectivity index (χ3n) is 5.69. The van der Waals surface area contributed by atoms with Crippen LogP contribution in [0.25, 0.3) is 0 Å². The first kappa shape index (κ1) is 23.2. The number of hydrogen-bond acceptors (Lipinski definition) is 5. The fourth-order valence-electron chi connectivity index (χ4n) is 4.09. The SMILES string of the molecule is C\C=C(C(C)=O)/C(=C\C=N\Cc1ccccc1)CC1Cc2cc(OC)c(OC)cc2C1=O. The molecule has 3 rings (SSSR count). The fourth-order valence-corrected chi connectivity index (χ4v) is 4.09. The van der Waals surface area contributed by atoms with E-state index in [1.807, 2.05) is 49.4 Å². The maximum atomic E-state index is 13.1. The minimum Gasteiger partial charge on any atom is -0.493 e. The molecule has 166 valence electrons. The predicted molar refractivity (Wildman–Crippen MR) is 127 cm³/mol. The Kier molecular flexibility index (Phi) is 7.77. The van der Waals surface area contributed by atoms with E-state index >= 15 is 0 Å². The van der Waals surface area contributed by atoms with Crippen LogP contribution in [0.3, 0.4) is 0 Å². The van der Waals surface area contributed by atoms with Crippen LogP contribution in [0.5, 0.6) is 11.5 Å². The van der Waals surface area contributed by atoms with Gasteiger partial charge in [0.05, 0.1) is 20.8 Å². The third kappa shape index (κ3) is 5.22. The lowest BCUT2D eigenvalue weighted by Gasteiger charge is -2.13. The van der Waals surface area contributed by atoms with Crippen LogP contribution in [-0.4, -0.2) is 32.0 Å². The Morgan fingerprint density at radius 2 is 1.81 bits per heavy atom. The van der Waals surface area contributed by atoms with Crippen molar-refractivity contribution in [3.8, 4) is 11.5 Å². The number of rotatable bonds is 9. The van der Waals surface area contributed by atoms with Crippen LogP contribution in [0.1, 0.15) is 41.8 Å². The van der Waals surface area contributed by atoms with Crippen molar-refractivity contribution < 1.29 is 19.1 Å². The number of ketones is 2. The molecule has 1 aliphatic carbocycles. The van der Waals surface area contributed by atoms with Crippen LogP contribution in [0, 0.1) is 5.92 Å². The van der Waals surface area contributed by atoms with Gasteiger partial charge in [0.1, 0.15) is 0 Å². The van der Waals surface area contributed by atoms with Gasteiger partial charge in [-0.3, -0.25) is 14.6 Å². The third-order valence-corrected chi connectivity index (χ3v) is 5.69. The van der Waals surface area contributed by atoms with Gasteiger partial charge < -0.3 is 9.47 Å². The molecule has 0 saturated heterocycles. The lowest BCUT2D eigenvalue weighted by molar-refractivity contribution is -0.113. The highest BCUT2D eigenvalue weighted by molar-refractivity contribution is 6.04. The quantitative estimate of drug-likeness (QED) is 0.312. The maximum absolute atomic E-state index is 13.1. The summed E-state index contributed by atoms with van der Waals surface area (Å²) >= 11 is 0. The Hall–Kier alpha value is -3.47. The van der Waals surface area contributed by atoms with Gasteiger partial charge in [0.15, 0.2) is 23.1 Å². The van der Waals surface area contributed by atoms with E-state index < -0.39 is 0 Å². The lowest BCUT2D eigenvalue weighted by atomic mass is 9.89. The molecule has 0 fully saturated rings. The Bertz CT molecular complexity index is 1080. The summed E-state index contributed by atoms with van der Waals surface area (Å²) in [4.78, 5) is 29.9. The zero-order valence-electron chi connectivity index (χ0n) is 19.1. The highest BCUT2D eigenvalue weighted by Gasteiger charge is 2.33. The maximum Gasteiger partial charge on any atom is 0.167 e. The molecular weight excluding hydrogens is 402 g/mol. The number of nitrogens with zero attached hydrogens (tertiary/aromatic N) is 1. The molecule has 5 nitrogen and oxygen atoms in total. The summed E-state index contributed by atoms with van der Waals surface area (Å²) < 4.78 is 10.7. The molecule has 1 atom stereocenters. The second kappa shape index (κ2) is 10.7. The highest BCUT2D eigenvalue weighted by Crippen LogP contribution is 2.39. The molecule has 0 N–H and O–H groups in total. The molecule has 1 aliphatic rings. The van der Waals surface area contributed by atoms with Gasteiger partial charge >= 0.3 is 0 Å². The minimum absolute atomic E-state index is 0.0264. The monoisotopic (exact) mass is 431 g/mol. The number of fused-ring (bicyclic) bond motifs is 1. The molecule has 2 aromatic carbocycles. The molecule has 1 unspecified atom stereocenters. The molecule has 0 heterocycles. The summed E-state index contributed by atoms with van der Waals surface area (Å²) in [7, 11) is 3.14. The number of allylic oxidation sites excluding steroid dienone is 4. The molecular formula is C27H29NO4. The van der Waals surface area contributed by atoms with Crippen LogP contribution in [0.2, 0.25) is 0 Å². The molecule has 0 spiro atoms. The van der Waals surface area contributed by atoms with E-state index in [9.17, 15) is 9.59 Å². The van der Waals surface area contributed by atoms with Gasteiger partial charge in [-0.25, -0.2) is 0 Å². The summed E-state index contributed by atoms with van der Waals surface area (Å²) in [5.41, 5.74) is 4.16. The van der Waals surface area contributed by atoms with Crippen LogP contribution in [0.15, 0.2) is 70.8 Å². The van der Waals surface area contributed by atoms with Crippen LogP contribution >= 0.6 is 0 Å². The zero-order chi connectivity index (χ0) is 23.1. The highest BCUT2D eigenvalue weighted by atomic mass is 16.5. The number of ether oxygens (including phenoxy) is 2. The second-order valence-electron chi connectivity index (χ2n) is 7.76. The van der Waals surface area contributed by atoms with Crippen LogP contribution < -0.4 is 9.47 Å². The van der Waals surface area contributed by atoms with Gasteiger partial charge in [-0.05, 0) is 61.6 Å². The predicted octanol–water partition coefficient (Wildman–Crippen LogP) is 5.18. The van der Waals surface area contributed by atoms with E-state index in [2.05, 4.69) is 4.99 Å². The van der Waals surface area contributed by atoms with Gasteiger partial charge in [0, 0.05) is 23.3 Å². The molecule has 5 heteroatoms. The molecule has 2 aromatic rings. The second-order valence-corrected chi connectivity index (χ2v) is 7.76. The Balaban J connectivity index is 1.83. The number of Topliss-reactive ketones (excluding diaryl/α,β-unsaturated/α-hetero) is 2. The topological polar surface area (TPSA) is 65.0 Å². The first-order valence-corrected chi connectivity index (χ1v) is 10.7. The Morgan fingerprint density at radius 3 is 2.44 bits per heavy atom. The number of benzene rings is 2. The molecule has 0 aromatic heterocycles. The van der Waals surface area contributed by atoms with Crippen molar-refractivity contribution >= 4 is 17.8 Å².